The minimum Gasteiger partial charge on any atom is -0.301 e. The molecular formula is C7H12N2O. The molecule has 56 valence electrons. The summed E-state index contributed by atoms with van der Waals surface area (Å²) in [5.41, 5.74) is 0. The van der Waals surface area contributed by atoms with Gasteiger partial charge in [0.15, 0.2) is 0 Å². The molecule has 0 N–H and O–H groups in total. The fourth-order valence-electron chi connectivity index (χ4n) is 1.24. The van der Waals surface area contributed by atoms with Crippen LogP contribution >= 0.6 is 0 Å². The normalized spacial score (nSPS) is 18.8. The van der Waals surface area contributed by atoms with Crippen molar-refractivity contribution in [3.8, 4) is 0 Å². The van der Waals surface area contributed by atoms with Gasteiger partial charge in [-0.05, 0) is 25.9 Å². The van der Waals surface area contributed by atoms with Gasteiger partial charge >= 0.3 is 0 Å². The number of aliphatic imine (C=N–C) groups is 1. The summed E-state index contributed by atoms with van der Waals surface area (Å²) in [6, 6.07) is 0. The summed E-state index contributed by atoms with van der Waals surface area (Å²) < 4.78 is 0. The maximum Gasteiger partial charge on any atom is 0.234 e. The minimum atomic E-state index is 0.615. The second-order valence-electron chi connectivity index (χ2n) is 2.52. The third kappa shape index (κ3) is 2.29. The zero-order valence-corrected chi connectivity index (χ0v) is 6.05. The first-order valence-electron chi connectivity index (χ1n) is 3.69. The Labute approximate surface area is 60.7 Å². The van der Waals surface area contributed by atoms with Crippen LogP contribution in [0, 0.1) is 0 Å². The van der Waals surface area contributed by atoms with E-state index in [4.69, 9.17) is 0 Å². The lowest BCUT2D eigenvalue weighted by Gasteiger charge is -2.10. The highest BCUT2D eigenvalue weighted by Gasteiger charge is 2.09. The Morgan fingerprint density at radius 1 is 1.40 bits per heavy atom. The summed E-state index contributed by atoms with van der Waals surface area (Å²) in [7, 11) is 0. The van der Waals surface area contributed by atoms with E-state index in [-0.39, 0.29) is 0 Å². The number of hydrogen-bond donors (Lipinski definition) is 0. The zero-order valence-electron chi connectivity index (χ0n) is 6.05. The van der Waals surface area contributed by atoms with E-state index in [1.807, 2.05) is 0 Å². The van der Waals surface area contributed by atoms with Crippen LogP contribution in [-0.2, 0) is 4.79 Å². The second-order valence-corrected chi connectivity index (χ2v) is 2.52. The van der Waals surface area contributed by atoms with Crippen LogP contribution in [0.4, 0.5) is 0 Å². The van der Waals surface area contributed by atoms with Gasteiger partial charge in [0.2, 0.25) is 6.08 Å². The Hall–Kier alpha value is -0.660. The number of isocyanates is 1. The van der Waals surface area contributed by atoms with Crippen molar-refractivity contribution >= 4 is 6.08 Å². The SMILES string of the molecule is O=C=NCCN1CCCC1. The molecule has 0 aromatic rings. The van der Waals surface area contributed by atoms with E-state index in [2.05, 4.69) is 9.89 Å². The van der Waals surface area contributed by atoms with E-state index in [9.17, 15) is 4.79 Å². The van der Waals surface area contributed by atoms with Crippen molar-refractivity contribution in [1.82, 2.24) is 4.90 Å². The Morgan fingerprint density at radius 3 is 2.70 bits per heavy atom. The molecule has 0 aromatic heterocycles. The largest absolute Gasteiger partial charge is 0.301 e. The van der Waals surface area contributed by atoms with E-state index in [1.54, 1.807) is 0 Å². The first kappa shape index (κ1) is 7.45. The lowest BCUT2D eigenvalue weighted by molar-refractivity contribution is 0.349. The van der Waals surface area contributed by atoms with Gasteiger partial charge in [0, 0.05) is 6.54 Å². The van der Waals surface area contributed by atoms with E-state index in [0.29, 0.717) is 6.54 Å². The van der Waals surface area contributed by atoms with Crippen molar-refractivity contribution in [3.05, 3.63) is 0 Å². The Balaban J connectivity index is 2.06. The van der Waals surface area contributed by atoms with Crippen LogP contribution in [0.2, 0.25) is 0 Å². The van der Waals surface area contributed by atoms with Crippen LogP contribution in [0.15, 0.2) is 4.99 Å². The number of likely N-dealkylation sites (tertiary alicyclic amines) is 1. The maximum atomic E-state index is 9.67. The quantitative estimate of drug-likeness (QED) is 0.420. The molecule has 1 saturated heterocycles. The van der Waals surface area contributed by atoms with Gasteiger partial charge in [0.05, 0.1) is 6.54 Å². The molecule has 0 aromatic carbocycles. The summed E-state index contributed by atoms with van der Waals surface area (Å²) in [5.74, 6) is 0. The molecule has 1 heterocycles. The number of rotatable bonds is 3. The lowest BCUT2D eigenvalue weighted by atomic mass is 10.4. The van der Waals surface area contributed by atoms with E-state index in [1.165, 1.54) is 32.0 Å². The van der Waals surface area contributed by atoms with Gasteiger partial charge in [0.1, 0.15) is 0 Å². The van der Waals surface area contributed by atoms with Crippen LogP contribution in [-0.4, -0.2) is 37.2 Å². The molecule has 0 amide bonds. The summed E-state index contributed by atoms with van der Waals surface area (Å²) in [6.45, 7) is 3.89. The highest BCUT2D eigenvalue weighted by Crippen LogP contribution is 2.05. The average Bonchev–Trinajstić information content (AvgIpc) is 2.41. The summed E-state index contributed by atoms with van der Waals surface area (Å²) in [6.07, 6.45) is 4.13. The number of hydrogen-bond acceptors (Lipinski definition) is 3. The molecule has 1 aliphatic heterocycles. The smallest absolute Gasteiger partial charge is 0.234 e. The first-order valence-corrected chi connectivity index (χ1v) is 3.69. The molecule has 1 aliphatic rings. The van der Waals surface area contributed by atoms with Gasteiger partial charge in [-0.15, -0.1) is 0 Å². The molecule has 1 rings (SSSR count). The van der Waals surface area contributed by atoms with Crippen molar-refractivity contribution in [2.45, 2.75) is 12.8 Å². The molecule has 0 bridgehead atoms. The molecule has 0 spiro atoms. The Kier molecular flexibility index (Phi) is 3.13. The van der Waals surface area contributed by atoms with Gasteiger partial charge in [-0.25, -0.2) is 9.79 Å². The van der Waals surface area contributed by atoms with Gasteiger partial charge in [-0.2, -0.15) is 0 Å². The third-order valence-electron chi connectivity index (χ3n) is 1.79. The lowest BCUT2D eigenvalue weighted by Crippen LogP contribution is -2.22. The van der Waals surface area contributed by atoms with Crippen molar-refractivity contribution in [3.63, 3.8) is 0 Å². The van der Waals surface area contributed by atoms with Crippen LogP contribution in [0.1, 0.15) is 12.8 Å². The third-order valence-corrected chi connectivity index (χ3v) is 1.79. The monoisotopic (exact) mass is 140 g/mol. The Bertz CT molecular complexity index is 135. The van der Waals surface area contributed by atoms with Crippen molar-refractivity contribution < 1.29 is 4.79 Å². The molecule has 0 radical (unpaired) electrons. The van der Waals surface area contributed by atoms with Crippen LogP contribution in [0.25, 0.3) is 0 Å². The average molecular weight is 140 g/mol. The second kappa shape index (κ2) is 4.20. The fourth-order valence-corrected chi connectivity index (χ4v) is 1.24. The molecule has 3 nitrogen and oxygen atoms in total. The summed E-state index contributed by atoms with van der Waals surface area (Å²) >= 11 is 0. The molecule has 0 aliphatic carbocycles. The van der Waals surface area contributed by atoms with E-state index < -0.39 is 0 Å². The molecule has 3 heteroatoms. The minimum absolute atomic E-state index is 0.615. The van der Waals surface area contributed by atoms with Crippen molar-refractivity contribution in [2.75, 3.05) is 26.2 Å². The van der Waals surface area contributed by atoms with Crippen LogP contribution in [0.3, 0.4) is 0 Å². The van der Waals surface area contributed by atoms with E-state index >= 15 is 0 Å². The molecular weight excluding hydrogens is 128 g/mol. The van der Waals surface area contributed by atoms with Crippen molar-refractivity contribution in [2.24, 2.45) is 4.99 Å². The zero-order chi connectivity index (χ0) is 7.23. The molecule has 0 unspecified atom stereocenters. The van der Waals surface area contributed by atoms with E-state index in [0.717, 1.165) is 6.54 Å². The summed E-state index contributed by atoms with van der Waals surface area (Å²) in [4.78, 5) is 15.5. The van der Waals surface area contributed by atoms with Gasteiger partial charge in [-0.3, -0.25) is 0 Å². The maximum absolute atomic E-state index is 9.67. The predicted molar refractivity (Wildman–Crippen MR) is 38.7 cm³/mol. The van der Waals surface area contributed by atoms with Crippen LogP contribution < -0.4 is 0 Å². The molecule has 10 heavy (non-hydrogen) atoms. The summed E-state index contributed by atoms with van der Waals surface area (Å²) in [5, 5.41) is 0. The molecule has 0 atom stereocenters. The van der Waals surface area contributed by atoms with Crippen LogP contribution in [0.5, 0.6) is 0 Å². The molecule has 1 fully saturated rings. The van der Waals surface area contributed by atoms with Crippen molar-refractivity contribution in [1.29, 1.82) is 0 Å². The van der Waals surface area contributed by atoms with Gasteiger partial charge in [-0.1, -0.05) is 0 Å². The van der Waals surface area contributed by atoms with Gasteiger partial charge in [0.25, 0.3) is 0 Å². The topological polar surface area (TPSA) is 32.7 Å². The number of carbonyl (C=O) groups excluding carboxylic acids is 1. The molecule has 0 saturated carbocycles. The predicted octanol–water partition coefficient (Wildman–Crippen LogP) is 0.418. The fraction of sp³-hybridized carbons (Fsp3) is 0.857. The highest BCUT2D eigenvalue weighted by atomic mass is 16.1. The highest BCUT2D eigenvalue weighted by molar-refractivity contribution is 5.32. The Morgan fingerprint density at radius 2 is 2.10 bits per heavy atom. The number of nitrogens with zero attached hydrogens (tertiary/aromatic N) is 2. The first-order chi connectivity index (χ1) is 4.93. The van der Waals surface area contributed by atoms with Gasteiger partial charge < -0.3 is 4.90 Å². The standard InChI is InChI=1S/C7H12N2O/c10-7-8-3-6-9-4-1-2-5-9/h1-6H2.